The second-order valence-electron chi connectivity index (χ2n) is 11.1. The van der Waals surface area contributed by atoms with Gasteiger partial charge in [-0.3, -0.25) is 24.0 Å². The molecule has 0 bridgehead atoms. The molecule has 0 radical (unpaired) electrons. The second kappa shape index (κ2) is 11.3. The van der Waals surface area contributed by atoms with Gasteiger partial charge in [0, 0.05) is 18.9 Å². The van der Waals surface area contributed by atoms with Crippen LogP contribution in [0.3, 0.4) is 0 Å². The van der Waals surface area contributed by atoms with Crippen LogP contribution >= 0.6 is 23.2 Å². The van der Waals surface area contributed by atoms with Gasteiger partial charge in [-0.05, 0) is 45.4 Å². The molecule has 8 nitrogen and oxygen atoms in total. The zero-order valence-electron chi connectivity index (χ0n) is 22.2. The van der Waals surface area contributed by atoms with E-state index in [1.54, 1.807) is 0 Å². The Morgan fingerprint density at radius 3 is 2.05 bits per heavy atom. The molecule has 0 unspecified atom stereocenters. The molecule has 2 fully saturated rings. The number of aliphatic carboxylic acids is 1. The largest absolute Gasteiger partial charge is 0.481 e. The van der Waals surface area contributed by atoms with Crippen LogP contribution in [-0.4, -0.2) is 61.7 Å². The number of halogens is 8. The lowest BCUT2D eigenvalue weighted by Crippen LogP contribution is -2.54. The Bertz CT molecular complexity index is 1360. The van der Waals surface area contributed by atoms with Crippen molar-refractivity contribution in [2.45, 2.75) is 70.3 Å². The average molecular weight is 643 g/mol. The Morgan fingerprint density at radius 1 is 1.02 bits per heavy atom. The van der Waals surface area contributed by atoms with Crippen molar-refractivity contribution in [2.75, 3.05) is 13.1 Å². The normalized spacial score (nSPS) is 22.4. The van der Waals surface area contributed by atoms with Crippen molar-refractivity contribution in [3.05, 3.63) is 45.5 Å². The summed E-state index contributed by atoms with van der Waals surface area (Å²) in [4.78, 5) is 42.6. The van der Waals surface area contributed by atoms with Crippen LogP contribution in [0.15, 0.2) is 18.6 Å². The van der Waals surface area contributed by atoms with Crippen LogP contribution in [-0.2, 0) is 11.0 Å². The molecule has 2 aromatic rings. The Kier molecular flexibility index (Phi) is 8.64. The standard InChI is InChI=1S/C26H26Cl2F6N4O4/c1-23(22(41)42)7-3-14(4-8-23)38-20(25(29,30)31)15(9-36-38)21(40)37(13-24(5-2-6-24)26(32,33)34)12-18(39)19-16(27)10-35-11-17(19)28/h9-11,14H,2-8,12-13H2,1H3,(H,41,42)/t14-,23-. The molecule has 1 amide bonds. The van der Waals surface area contributed by atoms with Gasteiger partial charge in [-0.1, -0.05) is 29.6 Å². The first-order valence-electron chi connectivity index (χ1n) is 13.0. The third-order valence-electron chi connectivity index (χ3n) is 8.37. The summed E-state index contributed by atoms with van der Waals surface area (Å²) in [5, 5.41) is 12.8. The predicted molar refractivity (Wildman–Crippen MR) is 137 cm³/mol. The SMILES string of the molecule is C[C@]1(C(=O)O)CC[C@H](n2ncc(C(=O)N(CC(=O)c3c(Cl)cncc3Cl)CC3(C(F)(F)F)CCC3)c2C(F)(F)F)CC1. The van der Waals surface area contributed by atoms with Gasteiger partial charge in [0.1, 0.15) is 0 Å². The number of carboxylic acids is 1. The molecule has 42 heavy (non-hydrogen) atoms. The Hall–Kier alpha value is -2.87. The molecule has 2 aliphatic rings. The Morgan fingerprint density at radius 2 is 1.60 bits per heavy atom. The first kappa shape index (κ1) is 32.1. The van der Waals surface area contributed by atoms with E-state index >= 15 is 0 Å². The molecule has 4 rings (SSSR count). The van der Waals surface area contributed by atoms with Crippen LogP contribution < -0.4 is 0 Å². The number of hydrogen-bond donors (Lipinski definition) is 1. The number of nitrogens with zero attached hydrogens (tertiary/aromatic N) is 4. The van der Waals surface area contributed by atoms with Crippen LogP contribution in [0.4, 0.5) is 26.3 Å². The van der Waals surface area contributed by atoms with Gasteiger partial charge in [-0.15, -0.1) is 0 Å². The lowest BCUT2D eigenvalue weighted by molar-refractivity contribution is -0.253. The number of alkyl halides is 6. The maximum absolute atomic E-state index is 14.4. The molecule has 2 aliphatic carbocycles. The number of hydrogen-bond acceptors (Lipinski definition) is 5. The van der Waals surface area contributed by atoms with Crippen molar-refractivity contribution in [1.29, 1.82) is 0 Å². The average Bonchev–Trinajstić information content (AvgIpc) is 3.30. The molecule has 230 valence electrons. The minimum absolute atomic E-state index is 0.0135. The van der Waals surface area contributed by atoms with Gasteiger partial charge in [-0.2, -0.15) is 31.4 Å². The van der Waals surface area contributed by atoms with Gasteiger partial charge in [0.05, 0.1) is 50.8 Å². The number of carbonyl (C=O) groups is 3. The van der Waals surface area contributed by atoms with E-state index in [0.29, 0.717) is 15.8 Å². The van der Waals surface area contributed by atoms with E-state index in [1.807, 2.05) is 0 Å². The van der Waals surface area contributed by atoms with Crippen molar-refractivity contribution in [1.82, 2.24) is 19.7 Å². The Balaban J connectivity index is 1.73. The summed E-state index contributed by atoms with van der Waals surface area (Å²) in [5.41, 5.74) is -6.39. The number of carboxylic acid groups (broad SMARTS) is 1. The summed E-state index contributed by atoms with van der Waals surface area (Å²) < 4.78 is 86.1. The minimum Gasteiger partial charge on any atom is -0.481 e. The monoisotopic (exact) mass is 642 g/mol. The lowest BCUT2D eigenvalue weighted by Gasteiger charge is -2.45. The molecule has 1 N–H and O–H groups in total. The minimum atomic E-state index is -5.15. The van der Waals surface area contributed by atoms with E-state index in [2.05, 4.69) is 10.1 Å². The highest BCUT2D eigenvalue weighted by Crippen LogP contribution is 2.53. The van der Waals surface area contributed by atoms with Crippen LogP contribution in [0, 0.1) is 10.8 Å². The van der Waals surface area contributed by atoms with Crippen molar-refractivity contribution in [2.24, 2.45) is 10.8 Å². The smallest absolute Gasteiger partial charge is 0.433 e. The number of carbonyl (C=O) groups excluding carboxylic acids is 2. The third kappa shape index (κ3) is 5.97. The summed E-state index contributed by atoms with van der Waals surface area (Å²) in [5.74, 6) is -3.54. The maximum atomic E-state index is 14.4. The fraction of sp³-hybridized carbons (Fsp3) is 0.577. The van der Waals surface area contributed by atoms with E-state index in [0.717, 1.165) is 12.4 Å². The van der Waals surface area contributed by atoms with Gasteiger partial charge < -0.3 is 10.0 Å². The molecule has 0 aromatic carbocycles. The summed E-state index contributed by atoms with van der Waals surface area (Å²) in [7, 11) is 0. The summed E-state index contributed by atoms with van der Waals surface area (Å²) in [6.45, 7) is -0.616. The van der Waals surface area contributed by atoms with Crippen LogP contribution in [0.1, 0.15) is 84.3 Å². The number of aromatic nitrogens is 3. The number of pyridine rings is 1. The lowest BCUT2D eigenvalue weighted by atomic mass is 9.67. The molecule has 16 heteroatoms. The topological polar surface area (TPSA) is 105 Å². The van der Waals surface area contributed by atoms with E-state index in [4.69, 9.17) is 23.2 Å². The third-order valence-corrected chi connectivity index (χ3v) is 8.95. The summed E-state index contributed by atoms with van der Waals surface area (Å²) in [6.07, 6.45) is -7.65. The Labute approximate surface area is 246 Å². The van der Waals surface area contributed by atoms with Crippen molar-refractivity contribution >= 4 is 40.9 Å². The zero-order chi connectivity index (χ0) is 31.3. The zero-order valence-corrected chi connectivity index (χ0v) is 23.7. The van der Waals surface area contributed by atoms with Gasteiger partial charge >= 0.3 is 18.3 Å². The maximum Gasteiger partial charge on any atom is 0.433 e. The van der Waals surface area contributed by atoms with Crippen LogP contribution in [0.25, 0.3) is 0 Å². The van der Waals surface area contributed by atoms with Crippen molar-refractivity contribution in [3.8, 4) is 0 Å². The molecule has 2 heterocycles. The molecule has 2 aromatic heterocycles. The predicted octanol–water partition coefficient (Wildman–Crippen LogP) is 6.87. The fourth-order valence-electron chi connectivity index (χ4n) is 5.58. The molecular formula is C26H26Cl2F6N4O4. The number of amides is 1. The van der Waals surface area contributed by atoms with Crippen molar-refractivity contribution in [3.63, 3.8) is 0 Å². The van der Waals surface area contributed by atoms with Gasteiger partial charge in [0.2, 0.25) is 0 Å². The van der Waals surface area contributed by atoms with Crippen LogP contribution in [0.2, 0.25) is 10.0 Å². The fourth-order valence-corrected chi connectivity index (χ4v) is 6.15. The summed E-state index contributed by atoms with van der Waals surface area (Å²) >= 11 is 12.0. The second-order valence-corrected chi connectivity index (χ2v) is 12.0. The van der Waals surface area contributed by atoms with E-state index in [-0.39, 0.29) is 60.6 Å². The van der Waals surface area contributed by atoms with Crippen molar-refractivity contribution < 1.29 is 45.8 Å². The quantitative estimate of drug-likeness (QED) is 0.249. The highest BCUT2D eigenvalue weighted by Gasteiger charge is 2.59. The molecule has 0 aliphatic heterocycles. The molecule has 0 saturated heterocycles. The highest BCUT2D eigenvalue weighted by molar-refractivity contribution is 6.39. The van der Waals surface area contributed by atoms with Gasteiger partial charge in [0.15, 0.2) is 11.5 Å². The molecule has 2 saturated carbocycles. The van der Waals surface area contributed by atoms with Gasteiger partial charge in [-0.25, -0.2) is 0 Å². The first-order chi connectivity index (χ1) is 19.4. The number of ketones is 1. The summed E-state index contributed by atoms with van der Waals surface area (Å²) in [6, 6.07) is -0.909. The van der Waals surface area contributed by atoms with E-state index in [9.17, 15) is 45.8 Å². The molecule has 0 atom stereocenters. The van der Waals surface area contributed by atoms with Gasteiger partial charge in [0.25, 0.3) is 5.91 Å². The van der Waals surface area contributed by atoms with E-state index in [1.165, 1.54) is 6.92 Å². The number of rotatable bonds is 8. The molecule has 0 spiro atoms. The number of Topliss-reactive ketones (excluding diaryl/α,β-unsaturated/α-hetero) is 1. The highest BCUT2D eigenvalue weighted by atomic mass is 35.5. The van der Waals surface area contributed by atoms with E-state index < -0.39 is 71.2 Å². The first-order valence-corrected chi connectivity index (χ1v) is 13.7. The van der Waals surface area contributed by atoms with Crippen LogP contribution in [0.5, 0.6) is 0 Å². The molecular weight excluding hydrogens is 617 g/mol.